The van der Waals surface area contributed by atoms with Crippen molar-refractivity contribution in [1.82, 2.24) is 10.6 Å². The van der Waals surface area contributed by atoms with Crippen molar-refractivity contribution in [2.45, 2.75) is 37.5 Å². The van der Waals surface area contributed by atoms with Gasteiger partial charge in [-0.15, -0.1) is 6.42 Å². The maximum Gasteiger partial charge on any atom is 0.259 e. The van der Waals surface area contributed by atoms with Gasteiger partial charge < -0.3 is 26.2 Å². The molecular formula is C18H21N3O5. The van der Waals surface area contributed by atoms with E-state index in [2.05, 4.69) is 21.9 Å². The molecule has 0 aromatic heterocycles. The van der Waals surface area contributed by atoms with Gasteiger partial charge in [-0.25, -0.2) is 0 Å². The molecule has 8 heteroatoms. The summed E-state index contributed by atoms with van der Waals surface area (Å²) in [6.07, 6.45) is 3.54. The Morgan fingerprint density at radius 2 is 1.85 bits per heavy atom. The van der Waals surface area contributed by atoms with Gasteiger partial charge in [0.05, 0.1) is 12.6 Å². The lowest BCUT2D eigenvalue weighted by Gasteiger charge is -2.21. The zero-order chi connectivity index (χ0) is 19.1. The van der Waals surface area contributed by atoms with Gasteiger partial charge >= 0.3 is 0 Å². The van der Waals surface area contributed by atoms with Crippen LogP contribution in [0.5, 0.6) is 0 Å². The molecule has 3 atom stereocenters. The van der Waals surface area contributed by atoms with E-state index in [1.165, 1.54) is 0 Å². The number of terminal acetylenes is 1. The molecule has 1 aliphatic rings. The van der Waals surface area contributed by atoms with Gasteiger partial charge in [0.2, 0.25) is 11.8 Å². The van der Waals surface area contributed by atoms with Crippen molar-refractivity contribution in [2.24, 2.45) is 0 Å². The van der Waals surface area contributed by atoms with Gasteiger partial charge in [-0.05, 0) is 18.9 Å². The number of anilines is 1. The maximum absolute atomic E-state index is 12.3. The van der Waals surface area contributed by atoms with Crippen LogP contribution in [0, 0.1) is 12.3 Å². The topological polar surface area (TPSA) is 128 Å². The van der Waals surface area contributed by atoms with E-state index in [-0.39, 0.29) is 31.0 Å². The molecular weight excluding hydrogens is 338 g/mol. The third-order valence-electron chi connectivity index (χ3n) is 3.99. The van der Waals surface area contributed by atoms with Gasteiger partial charge in [0.1, 0.15) is 6.10 Å². The van der Waals surface area contributed by atoms with Crippen LogP contribution in [0.4, 0.5) is 5.69 Å². The lowest BCUT2D eigenvalue weighted by Crippen LogP contribution is -2.46. The van der Waals surface area contributed by atoms with Gasteiger partial charge in [0.15, 0.2) is 6.04 Å². The molecule has 1 aromatic rings. The molecule has 0 saturated carbocycles. The summed E-state index contributed by atoms with van der Waals surface area (Å²) in [6, 6.07) is 5.18. The van der Waals surface area contributed by atoms with E-state index in [0.717, 1.165) is 0 Å². The molecule has 0 spiro atoms. The Morgan fingerprint density at radius 1 is 1.12 bits per heavy atom. The number of hydrogen-bond acceptors (Lipinski definition) is 5. The molecule has 0 bridgehead atoms. The Morgan fingerprint density at radius 3 is 2.58 bits per heavy atom. The van der Waals surface area contributed by atoms with Crippen LogP contribution in [0.3, 0.4) is 0 Å². The Balaban J connectivity index is 2.30. The first kappa shape index (κ1) is 19.4. The van der Waals surface area contributed by atoms with E-state index >= 15 is 0 Å². The molecule has 0 aliphatic carbocycles. The maximum atomic E-state index is 12.3. The average molecular weight is 359 g/mol. The third-order valence-corrected chi connectivity index (χ3v) is 3.99. The second-order valence-corrected chi connectivity index (χ2v) is 5.92. The van der Waals surface area contributed by atoms with E-state index in [4.69, 9.17) is 6.42 Å². The predicted molar refractivity (Wildman–Crippen MR) is 93.7 cm³/mol. The normalized spacial score (nSPS) is 25.4. The summed E-state index contributed by atoms with van der Waals surface area (Å²) in [5.41, 5.74) is 0.595. The van der Waals surface area contributed by atoms with Gasteiger partial charge in [0, 0.05) is 17.7 Å². The molecule has 138 valence electrons. The molecule has 0 fully saturated rings. The zero-order valence-electron chi connectivity index (χ0n) is 14.1. The molecule has 5 N–H and O–H groups in total. The van der Waals surface area contributed by atoms with E-state index in [1.807, 2.05) is 0 Å². The molecule has 3 amide bonds. The highest BCUT2D eigenvalue weighted by molar-refractivity contribution is 6.00. The summed E-state index contributed by atoms with van der Waals surface area (Å²) in [6.45, 7) is -0.313. The average Bonchev–Trinajstić information content (AvgIpc) is 2.63. The number of hydrogen-bond donors (Lipinski definition) is 5. The van der Waals surface area contributed by atoms with Crippen LogP contribution in [-0.4, -0.2) is 46.6 Å². The minimum atomic E-state index is -1.25. The molecule has 8 nitrogen and oxygen atoms in total. The van der Waals surface area contributed by atoms with Crippen LogP contribution in [0.15, 0.2) is 24.3 Å². The fraction of sp³-hybridized carbons (Fsp3) is 0.389. The molecule has 2 rings (SSSR count). The van der Waals surface area contributed by atoms with Gasteiger partial charge in [-0.2, -0.15) is 0 Å². The van der Waals surface area contributed by atoms with Crippen molar-refractivity contribution >= 4 is 23.4 Å². The van der Waals surface area contributed by atoms with Crippen LogP contribution in [-0.2, 0) is 14.4 Å². The van der Waals surface area contributed by atoms with Crippen LogP contribution in [0.25, 0.3) is 0 Å². The van der Waals surface area contributed by atoms with Crippen molar-refractivity contribution in [3.05, 3.63) is 29.8 Å². The SMILES string of the molecule is C#CC1NC(=O)CNC(=O)CCCC(O)C(O)c2ccccc2NC1=O. The predicted octanol–water partition coefficient (Wildman–Crippen LogP) is -0.562. The first-order valence-corrected chi connectivity index (χ1v) is 8.20. The van der Waals surface area contributed by atoms with Crippen molar-refractivity contribution in [2.75, 3.05) is 11.9 Å². The molecule has 0 saturated heterocycles. The number of aliphatic hydroxyl groups excluding tert-OH is 2. The monoisotopic (exact) mass is 359 g/mol. The molecule has 0 radical (unpaired) electrons. The second-order valence-electron chi connectivity index (χ2n) is 5.92. The summed E-state index contributed by atoms with van der Waals surface area (Å²) >= 11 is 0. The highest BCUT2D eigenvalue weighted by atomic mass is 16.3. The summed E-state index contributed by atoms with van der Waals surface area (Å²) in [4.78, 5) is 35.9. The summed E-state index contributed by atoms with van der Waals surface area (Å²) in [5, 5.41) is 27.9. The number of carbonyl (C=O) groups excluding carboxylic acids is 3. The minimum Gasteiger partial charge on any atom is -0.390 e. The van der Waals surface area contributed by atoms with Crippen molar-refractivity contribution in [3.63, 3.8) is 0 Å². The van der Waals surface area contributed by atoms with Crippen molar-refractivity contribution < 1.29 is 24.6 Å². The smallest absolute Gasteiger partial charge is 0.259 e. The Bertz CT molecular complexity index is 728. The van der Waals surface area contributed by atoms with Crippen LogP contribution in [0.2, 0.25) is 0 Å². The first-order chi connectivity index (χ1) is 12.4. The van der Waals surface area contributed by atoms with Gasteiger partial charge in [-0.3, -0.25) is 14.4 Å². The summed E-state index contributed by atoms with van der Waals surface area (Å²) < 4.78 is 0. The summed E-state index contributed by atoms with van der Waals surface area (Å²) in [7, 11) is 0. The Kier molecular flexibility index (Phi) is 6.72. The fourth-order valence-corrected chi connectivity index (χ4v) is 2.57. The number of carbonyl (C=O) groups is 3. The van der Waals surface area contributed by atoms with Crippen LogP contribution < -0.4 is 16.0 Å². The van der Waals surface area contributed by atoms with Crippen molar-refractivity contribution in [3.8, 4) is 12.3 Å². The lowest BCUT2D eigenvalue weighted by atomic mass is 9.98. The number of amides is 3. The number of benzene rings is 1. The third kappa shape index (κ3) is 5.05. The molecule has 1 aliphatic heterocycles. The molecule has 1 heterocycles. The second kappa shape index (κ2) is 8.99. The number of para-hydroxylation sites is 1. The molecule has 3 unspecified atom stereocenters. The Hall–Kier alpha value is -2.89. The van der Waals surface area contributed by atoms with Gasteiger partial charge in [-0.1, -0.05) is 24.1 Å². The van der Waals surface area contributed by atoms with E-state index in [1.54, 1.807) is 24.3 Å². The van der Waals surface area contributed by atoms with E-state index < -0.39 is 30.1 Å². The highest BCUT2D eigenvalue weighted by Crippen LogP contribution is 2.27. The number of fused-ring (bicyclic) bond motifs is 1. The zero-order valence-corrected chi connectivity index (χ0v) is 14.1. The number of rotatable bonds is 0. The fourth-order valence-electron chi connectivity index (χ4n) is 2.57. The van der Waals surface area contributed by atoms with Crippen molar-refractivity contribution in [1.29, 1.82) is 0 Å². The van der Waals surface area contributed by atoms with E-state index in [0.29, 0.717) is 12.0 Å². The first-order valence-electron chi connectivity index (χ1n) is 8.20. The van der Waals surface area contributed by atoms with E-state index in [9.17, 15) is 24.6 Å². The van der Waals surface area contributed by atoms with Crippen LogP contribution in [0.1, 0.15) is 30.9 Å². The number of nitrogens with one attached hydrogen (secondary N) is 3. The lowest BCUT2D eigenvalue weighted by molar-refractivity contribution is -0.127. The largest absolute Gasteiger partial charge is 0.390 e. The number of aliphatic hydroxyl groups is 2. The minimum absolute atomic E-state index is 0.0917. The van der Waals surface area contributed by atoms with Gasteiger partial charge in [0.25, 0.3) is 5.91 Å². The quantitative estimate of drug-likeness (QED) is 0.397. The summed E-state index contributed by atoms with van der Waals surface area (Å²) in [5.74, 6) is 0.526. The molecule has 26 heavy (non-hydrogen) atoms. The Labute approximate surface area is 151 Å². The highest BCUT2D eigenvalue weighted by Gasteiger charge is 2.24. The van der Waals surface area contributed by atoms with Crippen LogP contribution >= 0.6 is 0 Å². The standard InChI is InChI=1S/C18H21N3O5/c1-2-12-18(26)21-13-7-4-3-6-11(13)17(25)14(22)8-5-9-15(23)19-10-16(24)20-12/h1,3-4,6-7,12,14,17,22,25H,5,8-10H2,(H,19,23)(H,20,24)(H,21,26). The molecule has 1 aromatic carbocycles.